The molecule has 1 unspecified atom stereocenters. The lowest BCUT2D eigenvalue weighted by Gasteiger charge is -2.46. The molecular formula is C25H19I. The molecule has 0 bridgehead atoms. The van der Waals surface area contributed by atoms with E-state index in [4.69, 9.17) is 0 Å². The van der Waals surface area contributed by atoms with Gasteiger partial charge in [0, 0.05) is 5.41 Å². The van der Waals surface area contributed by atoms with Crippen LogP contribution >= 0.6 is 20.7 Å². The molecule has 1 heteroatoms. The molecule has 26 heavy (non-hydrogen) atoms. The van der Waals surface area contributed by atoms with Gasteiger partial charge in [0.15, 0.2) is 0 Å². The van der Waals surface area contributed by atoms with Gasteiger partial charge in [0.25, 0.3) is 0 Å². The maximum atomic E-state index is 2.59. The highest BCUT2D eigenvalue weighted by Crippen LogP contribution is 2.70. The molecule has 2 aromatic rings. The molecule has 0 saturated heterocycles. The zero-order chi connectivity index (χ0) is 17.4. The molecule has 3 aliphatic carbocycles. The number of benzene rings is 2. The minimum Gasteiger partial charge on any atom is -0.0934 e. The second-order valence-corrected chi connectivity index (χ2v) is 9.80. The number of hydrogen-bond donors (Lipinski definition) is 0. The van der Waals surface area contributed by atoms with Crippen LogP contribution in [0, 0.1) is 5.41 Å². The zero-order valence-electron chi connectivity index (χ0n) is 14.7. The van der Waals surface area contributed by atoms with Crippen molar-refractivity contribution in [1.82, 2.24) is 0 Å². The van der Waals surface area contributed by atoms with Crippen molar-refractivity contribution in [2.75, 3.05) is 0 Å². The lowest BCUT2D eigenvalue weighted by Crippen LogP contribution is -2.43. The zero-order valence-corrected chi connectivity index (χ0v) is 16.8. The van der Waals surface area contributed by atoms with Crippen LogP contribution in [-0.4, -0.2) is 4.01 Å². The summed E-state index contributed by atoms with van der Waals surface area (Å²) >= 11 is -0.00689. The van der Waals surface area contributed by atoms with Crippen molar-refractivity contribution < 1.29 is 0 Å². The summed E-state index contributed by atoms with van der Waals surface area (Å²) in [5.41, 5.74) is 10.5. The number of allylic oxidation sites excluding steroid dienone is 7. The van der Waals surface area contributed by atoms with Gasteiger partial charge in [-0.05, 0) is 59.6 Å². The van der Waals surface area contributed by atoms with Crippen molar-refractivity contribution in [2.24, 2.45) is 5.41 Å². The molecular weight excluding hydrogens is 427 g/mol. The van der Waals surface area contributed by atoms with Crippen molar-refractivity contribution in [3.05, 3.63) is 105 Å². The minimum atomic E-state index is -0.0450. The smallest absolute Gasteiger partial charge is 0.0570 e. The molecule has 1 spiro atoms. The topological polar surface area (TPSA) is 0 Å². The second kappa shape index (κ2) is 5.04. The van der Waals surface area contributed by atoms with E-state index in [1.54, 1.807) is 5.57 Å². The van der Waals surface area contributed by atoms with Gasteiger partial charge in [0.1, 0.15) is 0 Å². The van der Waals surface area contributed by atoms with E-state index in [0.29, 0.717) is 0 Å². The Morgan fingerprint density at radius 1 is 0.923 bits per heavy atom. The van der Waals surface area contributed by atoms with Crippen LogP contribution in [0.3, 0.4) is 0 Å². The van der Waals surface area contributed by atoms with Gasteiger partial charge in [-0.3, -0.25) is 0 Å². The van der Waals surface area contributed by atoms with Crippen LogP contribution in [0.25, 0.3) is 11.1 Å². The van der Waals surface area contributed by atoms with Gasteiger partial charge >= 0.3 is 0 Å². The Kier molecular flexibility index (Phi) is 2.93. The van der Waals surface area contributed by atoms with Crippen LogP contribution in [0.5, 0.6) is 0 Å². The van der Waals surface area contributed by atoms with Crippen LogP contribution in [0.15, 0.2) is 93.6 Å². The lowest BCUT2D eigenvalue weighted by atomic mass is 9.55. The van der Waals surface area contributed by atoms with E-state index in [1.807, 2.05) is 0 Å². The molecule has 0 N–H and O–H groups in total. The average molecular weight is 446 g/mol. The summed E-state index contributed by atoms with van der Waals surface area (Å²) in [7, 11) is 0. The van der Waals surface area contributed by atoms with Crippen molar-refractivity contribution in [3.8, 4) is 11.1 Å². The molecule has 0 amide bonds. The third-order valence-corrected chi connectivity index (χ3v) is 8.52. The summed E-state index contributed by atoms with van der Waals surface area (Å²) in [4.78, 5) is 0. The first-order valence-electron chi connectivity index (χ1n) is 9.22. The van der Waals surface area contributed by atoms with E-state index < -0.39 is 0 Å². The maximum absolute atomic E-state index is 2.59. The third kappa shape index (κ3) is 1.52. The van der Waals surface area contributed by atoms with E-state index in [-0.39, 0.29) is 31.6 Å². The summed E-state index contributed by atoms with van der Waals surface area (Å²) in [6.45, 7) is 2.50. The molecule has 0 aromatic heterocycles. The normalized spacial score (nSPS) is 26.1. The fourth-order valence-corrected chi connectivity index (χ4v) is 7.72. The van der Waals surface area contributed by atoms with E-state index in [2.05, 4.69) is 87.9 Å². The van der Waals surface area contributed by atoms with Gasteiger partial charge in [0.2, 0.25) is 0 Å². The molecule has 126 valence electrons. The highest BCUT2D eigenvalue weighted by Gasteiger charge is 2.62. The van der Waals surface area contributed by atoms with E-state index in [0.717, 1.165) is 6.42 Å². The Morgan fingerprint density at radius 3 is 2.35 bits per heavy atom. The predicted octanol–water partition coefficient (Wildman–Crippen LogP) is 6.46. The minimum absolute atomic E-state index is 0.00689. The van der Waals surface area contributed by atoms with E-state index >= 15 is 0 Å². The molecule has 0 saturated carbocycles. The Balaban J connectivity index is 1.84. The molecule has 4 aliphatic rings. The molecule has 0 fully saturated rings. The molecule has 0 radical (unpaired) electrons. The number of rotatable bonds is 0. The quantitative estimate of drug-likeness (QED) is 0.408. The molecule has 6 rings (SSSR count). The van der Waals surface area contributed by atoms with Crippen LogP contribution in [0.4, 0.5) is 0 Å². The van der Waals surface area contributed by atoms with E-state index in [1.165, 1.54) is 33.4 Å². The predicted molar refractivity (Wildman–Crippen MR) is 119 cm³/mol. The summed E-state index contributed by atoms with van der Waals surface area (Å²) in [5, 5.41) is 0. The summed E-state index contributed by atoms with van der Waals surface area (Å²) in [6, 6.07) is 18.2. The molecule has 1 aliphatic heterocycles. The summed E-state index contributed by atoms with van der Waals surface area (Å²) in [5.74, 6) is 0. The Bertz CT molecular complexity index is 1080. The first-order valence-corrected chi connectivity index (χ1v) is 11.7. The van der Waals surface area contributed by atoms with Crippen LogP contribution in [0.2, 0.25) is 0 Å². The standard InChI is InChI=1S/C25H19I/c1-24-14-7-6-10-20(24)19-13-15-26-16-23(19)25(24)21-11-4-2-8-17(21)18-9-3-5-12-22(18)25/h2-13,15-16H,14H2,1H3. The number of fused-ring (bicyclic) bond motifs is 9. The van der Waals surface area contributed by atoms with Crippen LogP contribution < -0.4 is 0 Å². The van der Waals surface area contributed by atoms with Crippen molar-refractivity contribution in [2.45, 2.75) is 18.8 Å². The van der Waals surface area contributed by atoms with Crippen LogP contribution in [-0.2, 0) is 5.41 Å². The Labute approximate surface area is 164 Å². The molecule has 2 aromatic carbocycles. The van der Waals surface area contributed by atoms with Crippen molar-refractivity contribution >= 4 is 24.7 Å². The number of hydrogen-bond acceptors (Lipinski definition) is 0. The van der Waals surface area contributed by atoms with Crippen molar-refractivity contribution in [3.63, 3.8) is 0 Å². The molecule has 1 atom stereocenters. The van der Waals surface area contributed by atoms with Crippen LogP contribution in [0.1, 0.15) is 24.5 Å². The molecule has 1 heterocycles. The highest BCUT2D eigenvalue weighted by molar-refractivity contribution is 14.2. The van der Waals surface area contributed by atoms with Gasteiger partial charge in [-0.2, -0.15) is 0 Å². The summed E-state index contributed by atoms with van der Waals surface area (Å²) in [6.07, 6.45) is 10.5. The first-order chi connectivity index (χ1) is 12.8. The largest absolute Gasteiger partial charge is 0.0934 e. The monoisotopic (exact) mass is 446 g/mol. The Hall–Kier alpha value is -2.00. The average Bonchev–Trinajstić information content (AvgIpc) is 3.13. The third-order valence-electron chi connectivity index (χ3n) is 6.76. The van der Waals surface area contributed by atoms with Gasteiger partial charge in [-0.1, -0.05) is 94.4 Å². The number of halogens is 1. The highest BCUT2D eigenvalue weighted by atomic mass is 127. The maximum Gasteiger partial charge on any atom is 0.0570 e. The van der Waals surface area contributed by atoms with E-state index in [9.17, 15) is 0 Å². The molecule has 0 nitrogen and oxygen atoms in total. The summed E-state index contributed by atoms with van der Waals surface area (Å²) < 4.78 is 5.01. The second-order valence-electron chi connectivity index (χ2n) is 7.74. The fraction of sp³-hybridized carbons (Fsp3) is 0.160. The van der Waals surface area contributed by atoms with Gasteiger partial charge in [0.05, 0.1) is 5.41 Å². The lowest BCUT2D eigenvalue weighted by molar-refractivity contribution is 0.298. The van der Waals surface area contributed by atoms with Crippen molar-refractivity contribution in [1.29, 1.82) is 0 Å². The Morgan fingerprint density at radius 2 is 1.62 bits per heavy atom. The fourth-order valence-electron chi connectivity index (χ4n) is 5.79. The van der Waals surface area contributed by atoms with Gasteiger partial charge in [-0.15, -0.1) is 0 Å². The SMILES string of the molecule is CC12CC=CC=C1C1=C(C=IC=C1)C21c2ccccc2-c2ccccc21. The van der Waals surface area contributed by atoms with Gasteiger partial charge in [-0.25, -0.2) is 0 Å². The first kappa shape index (κ1) is 15.1. The van der Waals surface area contributed by atoms with Gasteiger partial charge < -0.3 is 0 Å².